The SMILES string of the molecule is COc1cccc(C(=O)NCC(O)COc2ccccc2)c1OC. The molecule has 0 radical (unpaired) electrons. The summed E-state index contributed by atoms with van der Waals surface area (Å²) in [5, 5.41) is 12.6. The van der Waals surface area contributed by atoms with Crippen molar-refractivity contribution in [1.29, 1.82) is 0 Å². The molecule has 0 saturated heterocycles. The van der Waals surface area contributed by atoms with Crippen LogP contribution in [0.4, 0.5) is 0 Å². The monoisotopic (exact) mass is 331 g/mol. The van der Waals surface area contributed by atoms with Crippen LogP contribution in [0.25, 0.3) is 0 Å². The Morgan fingerprint density at radius 1 is 1.08 bits per heavy atom. The van der Waals surface area contributed by atoms with Gasteiger partial charge in [0, 0.05) is 6.54 Å². The van der Waals surface area contributed by atoms with Gasteiger partial charge in [-0.1, -0.05) is 24.3 Å². The maximum Gasteiger partial charge on any atom is 0.255 e. The van der Waals surface area contributed by atoms with Crippen LogP contribution in [0.5, 0.6) is 17.2 Å². The number of rotatable bonds is 8. The van der Waals surface area contributed by atoms with Crippen LogP contribution in [0.2, 0.25) is 0 Å². The van der Waals surface area contributed by atoms with Crippen molar-refractivity contribution in [2.45, 2.75) is 6.10 Å². The second-order valence-corrected chi connectivity index (χ2v) is 5.03. The Bertz CT molecular complexity index is 660. The highest BCUT2D eigenvalue weighted by Crippen LogP contribution is 2.30. The number of hydrogen-bond acceptors (Lipinski definition) is 5. The second kappa shape index (κ2) is 8.79. The molecule has 0 fully saturated rings. The Kier molecular flexibility index (Phi) is 6.45. The quantitative estimate of drug-likeness (QED) is 0.772. The Morgan fingerprint density at radius 3 is 2.50 bits per heavy atom. The number of carbonyl (C=O) groups is 1. The summed E-state index contributed by atoms with van der Waals surface area (Å²) in [5.41, 5.74) is 0.341. The number of carbonyl (C=O) groups excluding carboxylic acids is 1. The minimum Gasteiger partial charge on any atom is -0.493 e. The predicted octanol–water partition coefficient (Wildman–Crippen LogP) is 1.87. The van der Waals surface area contributed by atoms with Crippen LogP contribution in [-0.2, 0) is 0 Å². The van der Waals surface area contributed by atoms with Crippen LogP contribution in [-0.4, -0.2) is 44.5 Å². The number of para-hydroxylation sites is 2. The lowest BCUT2D eigenvalue weighted by atomic mass is 10.1. The van der Waals surface area contributed by atoms with E-state index in [4.69, 9.17) is 14.2 Å². The third-order valence-electron chi connectivity index (χ3n) is 3.33. The second-order valence-electron chi connectivity index (χ2n) is 5.03. The largest absolute Gasteiger partial charge is 0.493 e. The summed E-state index contributed by atoms with van der Waals surface area (Å²) in [5.74, 6) is 1.13. The zero-order chi connectivity index (χ0) is 17.4. The van der Waals surface area contributed by atoms with Gasteiger partial charge in [-0.25, -0.2) is 0 Å². The molecule has 2 rings (SSSR count). The molecule has 6 nitrogen and oxygen atoms in total. The first-order valence-corrected chi connectivity index (χ1v) is 7.50. The lowest BCUT2D eigenvalue weighted by Crippen LogP contribution is -2.35. The molecule has 0 spiro atoms. The van der Waals surface area contributed by atoms with E-state index in [9.17, 15) is 9.90 Å². The highest BCUT2D eigenvalue weighted by atomic mass is 16.5. The molecular formula is C18H21NO5. The van der Waals surface area contributed by atoms with Crippen LogP contribution in [0.3, 0.4) is 0 Å². The summed E-state index contributed by atoms with van der Waals surface area (Å²) in [7, 11) is 2.97. The van der Waals surface area contributed by atoms with Gasteiger partial charge in [0.2, 0.25) is 0 Å². The zero-order valence-corrected chi connectivity index (χ0v) is 13.7. The van der Waals surface area contributed by atoms with Gasteiger partial charge >= 0.3 is 0 Å². The fourth-order valence-electron chi connectivity index (χ4n) is 2.14. The maximum atomic E-state index is 12.3. The molecular weight excluding hydrogens is 310 g/mol. The van der Waals surface area contributed by atoms with Gasteiger partial charge < -0.3 is 24.6 Å². The van der Waals surface area contributed by atoms with E-state index in [1.54, 1.807) is 30.3 Å². The molecule has 2 aromatic carbocycles. The average molecular weight is 331 g/mol. The van der Waals surface area contributed by atoms with E-state index in [1.165, 1.54) is 14.2 Å². The fraction of sp³-hybridized carbons (Fsp3) is 0.278. The van der Waals surface area contributed by atoms with Crippen LogP contribution in [0.1, 0.15) is 10.4 Å². The standard InChI is InChI=1S/C18H21NO5/c1-22-16-10-6-9-15(17(16)23-2)18(21)19-11-13(20)12-24-14-7-4-3-5-8-14/h3-10,13,20H,11-12H2,1-2H3,(H,19,21). The minimum atomic E-state index is -0.828. The summed E-state index contributed by atoms with van der Waals surface area (Å²) in [6.45, 7) is 0.144. The van der Waals surface area contributed by atoms with Gasteiger partial charge in [0.1, 0.15) is 18.5 Å². The summed E-state index contributed by atoms with van der Waals surface area (Å²) in [6, 6.07) is 14.2. The Morgan fingerprint density at radius 2 is 1.83 bits per heavy atom. The Labute approximate surface area is 141 Å². The van der Waals surface area contributed by atoms with Crippen molar-refractivity contribution < 1.29 is 24.1 Å². The smallest absolute Gasteiger partial charge is 0.255 e. The van der Waals surface area contributed by atoms with E-state index >= 15 is 0 Å². The minimum absolute atomic E-state index is 0.0615. The molecule has 0 aliphatic carbocycles. The van der Waals surface area contributed by atoms with Crippen LogP contribution in [0.15, 0.2) is 48.5 Å². The topological polar surface area (TPSA) is 77.0 Å². The number of hydrogen-bond donors (Lipinski definition) is 2. The Balaban J connectivity index is 1.88. The van der Waals surface area contributed by atoms with Crippen molar-refractivity contribution in [3.8, 4) is 17.2 Å². The normalized spacial score (nSPS) is 11.5. The lowest BCUT2D eigenvalue weighted by molar-refractivity contribution is 0.0841. The first kappa shape index (κ1) is 17.6. The molecule has 0 aliphatic heterocycles. The van der Waals surface area contributed by atoms with Gasteiger partial charge in [-0.05, 0) is 24.3 Å². The molecule has 0 aromatic heterocycles. The molecule has 1 unspecified atom stereocenters. The average Bonchev–Trinajstić information content (AvgIpc) is 2.64. The molecule has 24 heavy (non-hydrogen) atoms. The number of aliphatic hydroxyl groups is 1. The number of aliphatic hydroxyl groups excluding tert-OH is 1. The third kappa shape index (κ3) is 4.63. The summed E-state index contributed by atoms with van der Waals surface area (Å²) in [6.07, 6.45) is -0.828. The number of amides is 1. The highest BCUT2D eigenvalue weighted by molar-refractivity contribution is 5.97. The molecule has 6 heteroatoms. The number of ether oxygens (including phenoxy) is 3. The number of nitrogens with one attached hydrogen (secondary N) is 1. The van der Waals surface area contributed by atoms with E-state index in [2.05, 4.69) is 5.32 Å². The molecule has 1 atom stereocenters. The number of methoxy groups -OCH3 is 2. The molecule has 0 bridgehead atoms. The third-order valence-corrected chi connectivity index (χ3v) is 3.33. The fourth-order valence-corrected chi connectivity index (χ4v) is 2.14. The van der Waals surface area contributed by atoms with Gasteiger partial charge in [0.05, 0.1) is 19.8 Å². The molecule has 2 aromatic rings. The van der Waals surface area contributed by atoms with Gasteiger partial charge in [0.15, 0.2) is 11.5 Å². The van der Waals surface area contributed by atoms with E-state index in [-0.39, 0.29) is 19.1 Å². The molecule has 0 saturated carbocycles. The number of benzene rings is 2. The van der Waals surface area contributed by atoms with Crippen molar-refractivity contribution in [2.75, 3.05) is 27.4 Å². The van der Waals surface area contributed by atoms with E-state index < -0.39 is 6.10 Å². The molecule has 1 amide bonds. The van der Waals surface area contributed by atoms with Gasteiger partial charge in [-0.3, -0.25) is 4.79 Å². The summed E-state index contributed by atoms with van der Waals surface area (Å²) >= 11 is 0. The Hall–Kier alpha value is -2.73. The molecule has 0 heterocycles. The van der Waals surface area contributed by atoms with Crippen molar-refractivity contribution in [2.24, 2.45) is 0 Å². The lowest BCUT2D eigenvalue weighted by Gasteiger charge is -2.15. The van der Waals surface area contributed by atoms with Crippen molar-refractivity contribution in [3.63, 3.8) is 0 Å². The summed E-state index contributed by atoms with van der Waals surface area (Å²) < 4.78 is 15.8. The first-order valence-electron chi connectivity index (χ1n) is 7.50. The van der Waals surface area contributed by atoms with Crippen molar-refractivity contribution in [3.05, 3.63) is 54.1 Å². The molecule has 2 N–H and O–H groups in total. The van der Waals surface area contributed by atoms with E-state index in [0.29, 0.717) is 22.8 Å². The highest BCUT2D eigenvalue weighted by Gasteiger charge is 2.17. The van der Waals surface area contributed by atoms with E-state index in [1.807, 2.05) is 18.2 Å². The molecule has 0 aliphatic rings. The van der Waals surface area contributed by atoms with Crippen molar-refractivity contribution in [1.82, 2.24) is 5.32 Å². The van der Waals surface area contributed by atoms with E-state index in [0.717, 1.165) is 0 Å². The maximum absolute atomic E-state index is 12.3. The van der Waals surface area contributed by atoms with Gasteiger partial charge in [-0.15, -0.1) is 0 Å². The first-order chi connectivity index (χ1) is 11.7. The van der Waals surface area contributed by atoms with Gasteiger partial charge in [-0.2, -0.15) is 0 Å². The summed E-state index contributed by atoms with van der Waals surface area (Å²) in [4.78, 5) is 12.3. The van der Waals surface area contributed by atoms with Crippen LogP contribution in [0, 0.1) is 0 Å². The van der Waals surface area contributed by atoms with Crippen LogP contribution >= 0.6 is 0 Å². The zero-order valence-electron chi connectivity index (χ0n) is 13.7. The predicted molar refractivity (Wildman–Crippen MR) is 89.8 cm³/mol. The molecule has 128 valence electrons. The van der Waals surface area contributed by atoms with Gasteiger partial charge in [0.25, 0.3) is 5.91 Å². The van der Waals surface area contributed by atoms with Crippen LogP contribution < -0.4 is 19.5 Å². The van der Waals surface area contributed by atoms with Crippen molar-refractivity contribution >= 4 is 5.91 Å².